The van der Waals surface area contributed by atoms with Crippen LogP contribution in [0, 0.1) is 0 Å². The van der Waals surface area contributed by atoms with Crippen LogP contribution in [0.5, 0.6) is 5.75 Å². The van der Waals surface area contributed by atoms with Crippen LogP contribution >= 0.6 is 0 Å². The summed E-state index contributed by atoms with van der Waals surface area (Å²) in [6.45, 7) is 3.88. The van der Waals surface area contributed by atoms with Crippen LogP contribution in [0.15, 0.2) is 54.6 Å². The van der Waals surface area contributed by atoms with Gasteiger partial charge in [0.2, 0.25) is 6.10 Å². The van der Waals surface area contributed by atoms with Gasteiger partial charge in [-0.15, -0.1) is 0 Å². The van der Waals surface area contributed by atoms with E-state index in [2.05, 4.69) is 19.2 Å². The van der Waals surface area contributed by atoms with E-state index in [1.165, 1.54) is 0 Å². The van der Waals surface area contributed by atoms with Crippen molar-refractivity contribution >= 4 is 11.9 Å². The van der Waals surface area contributed by atoms with Crippen LogP contribution in [0.1, 0.15) is 49.8 Å². The monoisotopic (exact) mass is 367 g/mol. The van der Waals surface area contributed by atoms with Crippen molar-refractivity contribution in [3.63, 3.8) is 0 Å². The summed E-state index contributed by atoms with van der Waals surface area (Å²) in [4.78, 5) is 24.9. The van der Waals surface area contributed by atoms with Crippen LogP contribution in [0.3, 0.4) is 0 Å². The molecule has 1 atom stereocenters. The Bertz CT molecular complexity index is 784. The second-order valence-corrected chi connectivity index (χ2v) is 7.04. The minimum absolute atomic E-state index is 0.191. The van der Waals surface area contributed by atoms with Gasteiger partial charge < -0.3 is 14.8 Å². The summed E-state index contributed by atoms with van der Waals surface area (Å²) in [6.07, 6.45) is 0.968. The first-order chi connectivity index (χ1) is 13.0. The molecule has 1 unspecified atom stereocenters. The molecule has 5 nitrogen and oxygen atoms in total. The SMILES string of the molecule is CC(C)c1ccccc1OCC(=O)OC(C(=O)NC1CC1)c1ccccc1. The van der Waals surface area contributed by atoms with Gasteiger partial charge in [0.05, 0.1) is 0 Å². The number of amides is 1. The molecular weight excluding hydrogens is 342 g/mol. The van der Waals surface area contributed by atoms with Gasteiger partial charge in [0.25, 0.3) is 5.91 Å². The van der Waals surface area contributed by atoms with E-state index < -0.39 is 12.1 Å². The molecule has 0 saturated heterocycles. The second-order valence-electron chi connectivity index (χ2n) is 7.04. The summed E-state index contributed by atoms with van der Waals surface area (Å²) in [5.74, 6) is 0.0646. The molecule has 0 aromatic heterocycles. The third-order valence-corrected chi connectivity index (χ3v) is 4.40. The number of rotatable bonds is 8. The van der Waals surface area contributed by atoms with Crippen LogP contribution in [0.4, 0.5) is 0 Å². The molecule has 0 radical (unpaired) electrons. The number of ether oxygens (including phenoxy) is 2. The Kier molecular flexibility index (Phi) is 6.12. The molecule has 5 heteroatoms. The molecule has 1 aliphatic carbocycles. The van der Waals surface area contributed by atoms with Crippen LogP contribution in [-0.2, 0) is 14.3 Å². The fraction of sp³-hybridized carbons (Fsp3) is 0.364. The Balaban J connectivity index is 1.65. The molecule has 1 saturated carbocycles. The van der Waals surface area contributed by atoms with Crippen LogP contribution in [-0.4, -0.2) is 24.5 Å². The van der Waals surface area contributed by atoms with Crippen molar-refractivity contribution in [3.05, 3.63) is 65.7 Å². The maximum Gasteiger partial charge on any atom is 0.345 e. The highest BCUT2D eigenvalue weighted by Gasteiger charge is 2.30. The lowest BCUT2D eigenvalue weighted by Gasteiger charge is -2.19. The molecule has 2 aromatic carbocycles. The van der Waals surface area contributed by atoms with Crippen molar-refractivity contribution in [1.29, 1.82) is 0 Å². The van der Waals surface area contributed by atoms with Gasteiger partial charge in [-0.3, -0.25) is 4.79 Å². The maximum absolute atomic E-state index is 12.5. The molecule has 3 rings (SSSR count). The Hall–Kier alpha value is -2.82. The van der Waals surface area contributed by atoms with E-state index in [0.717, 1.165) is 18.4 Å². The van der Waals surface area contributed by atoms with Crippen molar-refractivity contribution in [3.8, 4) is 5.75 Å². The van der Waals surface area contributed by atoms with Gasteiger partial charge in [0.15, 0.2) is 6.61 Å². The Morgan fingerprint density at radius 3 is 2.37 bits per heavy atom. The molecule has 1 N–H and O–H groups in total. The fourth-order valence-electron chi connectivity index (χ4n) is 2.80. The lowest BCUT2D eigenvalue weighted by Crippen LogP contribution is -2.34. The Morgan fingerprint density at radius 1 is 1.04 bits per heavy atom. The highest BCUT2D eigenvalue weighted by Crippen LogP contribution is 2.26. The predicted molar refractivity (Wildman–Crippen MR) is 102 cm³/mol. The summed E-state index contributed by atoms with van der Waals surface area (Å²) >= 11 is 0. The summed E-state index contributed by atoms with van der Waals surface area (Å²) in [5.41, 5.74) is 1.67. The predicted octanol–water partition coefficient (Wildman–Crippen LogP) is 3.75. The van der Waals surface area contributed by atoms with E-state index in [9.17, 15) is 9.59 Å². The van der Waals surface area contributed by atoms with Gasteiger partial charge >= 0.3 is 5.97 Å². The average Bonchev–Trinajstić information content (AvgIpc) is 3.49. The van der Waals surface area contributed by atoms with Crippen LogP contribution < -0.4 is 10.1 Å². The van der Waals surface area contributed by atoms with Crippen molar-refractivity contribution < 1.29 is 19.1 Å². The summed E-state index contributed by atoms with van der Waals surface area (Å²) in [7, 11) is 0. The minimum Gasteiger partial charge on any atom is -0.482 e. The quantitative estimate of drug-likeness (QED) is 0.722. The largest absolute Gasteiger partial charge is 0.482 e. The van der Waals surface area contributed by atoms with Crippen molar-refractivity contribution in [2.75, 3.05) is 6.61 Å². The number of benzene rings is 2. The van der Waals surface area contributed by atoms with E-state index in [4.69, 9.17) is 9.47 Å². The van der Waals surface area contributed by atoms with Crippen molar-refractivity contribution in [2.24, 2.45) is 0 Å². The average molecular weight is 367 g/mol. The lowest BCUT2D eigenvalue weighted by molar-refractivity contribution is -0.158. The third kappa shape index (κ3) is 5.33. The number of carbonyl (C=O) groups is 2. The number of esters is 1. The van der Waals surface area contributed by atoms with Crippen LogP contribution in [0.2, 0.25) is 0 Å². The van der Waals surface area contributed by atoms with Gasteiger partial charge in [-0.1, -0.05) is 62.4 Å². The zero-order valence-electron chi connectivity index (χ0n) is 15.7. The highest BCUT2D eigenvalue weighted by atomic mass is 16.6. The standard InChI is InChI=1S/C22H25NO4/c1-15(2)18-10-6-7-11-19(18)26-14-20(24)27-21(16-8-4-3-5-9-16)22(25)23-17-12-13-17/h3-11,15,17,21H,12-14H2,1-2H3,(H,23,25). The normalized spacial score (nSPS) is 14.5. The first kappa shape index (κ1) is 19.0. The van der Waals surface area contributed by atoms with E-state index >= 15 is 0 Å². The number of nitrogens with one attached hydrogen (secondary N) is 1. The van der Waals surface area contributed by atoms with Gasteiger partial charge in [0.1, 0.15) is 5.75 Å². The molecular formula is C22H25NO4. The van der Waals surface area contributed by atoms with E-state index in [0.29, 0.717) is 11.3 Å². The van der Waals surface area contributed by atoms with Gasteiger partial charge in [-0.25, -0.2) is 4.79 Å². The lowest BCUT2D eigenvalue weighted by atomic mass is 10.0. The Labute approximate surface area is 159 Å². The maximum atomic E-state index is 12.5. The zero-order valence-corrected chi connectivity index (χ0v) is 15.7. The van der Waals surface area contributed by atoms with Gasteiger partial charge in [-0.2, -0.15) is 0 Å². The molecule has 1 fully saturated rings. The summed E-state index contributed by atoms with van der Waals surface area (Å²) in [5, 5.41) is 2.90. The topological polar surface area (TPSA) is 64.6 Å². The molecule has 1 amide bonds. The summed E-state index contributed by atoms with van der Waals surface area (Å²) < 4.78 is 11.1. The fourth-order valence-corrected chi connectivity index (χ4v) is 2.80. The molecule has 27 heavy (non-hydrogen) atoms. The van der Waals surface area contributed by atoms with Crippen molar-refractivity contribution in [1.82, 2.24) is 5.32 Å². The van der Waals surface area contributed by atoms with Gasteiger partial charge in [-0.05, 0) is 30.4 Å². The molecule has 0 bridgehead atoms. The molecule has 142 valence electrons. The van der Waals surface area contributed by atoms with Crippen molar-refractivity contribution in [2.45, 2.75) is 44.8 Å². The van der Waals surface area contributed by atoms with E-state index in [-0.39, 0.29) is 24.5 Å². The number of hydrogen-bond acceptors (Lipinski definition) is 4. The summed E-state index contributed by atoms with van der Waals surface area (Å²) in [6, 6.07) is 16.8. The first-order valence-corrected chi connectivity index (χ1v) is 9.31. The molecule has 0 aliphatic heterocycles. The first-order valence-electron chi connectivity index (χ1n) is 9.31. The minimum atomic E-state index is -0.969. The molecule has 0 spiro atoms. The van der Waals surface area contributed by atoms with E-state index in [1.54, 1.807) is 12.1 Å². The van der Waals surface area contributed by atoms with Crippen LogP contribution in [0.25, 0.3) is 0 Å². The number of para-hydroxylation sites is 1. The molecule has 1 aliphatic rings. The van der Waals surface area contributed by atoms with Gasteiger partial charge in [0, 0.05) is 11.6 Å². The number of carbonyl (C=O) groups excluding carboxylic acids is 2. The Morgan fingerprint density at radius 2 is 1.70 bits per heavy atom. The molecule has 2 aromatic rings. The third-order valence-electron chi connectivity index (χ3n) is 4.40. The molecule has 0 heterocycles. The highest BCUT2D eigenvalue weighted by molar-refractivity contribution is 5.85. The second kappa shape index (κ2) is 8.71. The zero-order chi connectivity index (χ0) is 19.2. The smallest absolute Gasteiger partial charge is 0.345 e. The number of hydrogen-bond donors (Lipinski definition) is 1. The van der Waals surface area contributed by atoms with E-state index in [1.807, 2.05) is 42.5 Å².